The first-order valence-corrected chi connectivity index (χ1v) is 9.09. The van der Waals surface area contributed by atoms with Crippen LogP contribution in [0.5, 0.6) is 0 Å². The average Bonchev–Trinajstić information content (AvgIpc) is 2.21. The van der Waals surface area contributed by atoms with Gasteiger partial charge in [0.2, 0.25) is 10.0 Å². The molecule has 1 aromatic rings. The van der Waals surface area contributed by atoms with Crippen molar-refractivity contribution in [3.63, 3.8) is 0 Å². The van der Waals surface area contributed by atoms with E-state index in [9.17, 15) is 8.42 Å². The molecular weight excluding hydrogens is 326 g/mol. The molecule has 0 bridgehead atoms. The van der Waals surface area contributed by atoms with Crippen molar-refractivity contribution >= 4 is 31.6 Å². The van der Waals surface area contributed by atoms with Gasteiger partial charge in [-0.1, -0.05) is 25.3 Å². The maximum Gasteiger partial charge on any atom is 0.232 e. The van der Waals surface area contributed by atoms with Gasteiger partial charge in [-0.3, -0.25) is 4.72 Å². The van der Waals surface area contributed by atoms with Crippen molar-refractivity contribution in [2.45, 2.75) is 39.5 Å². The van der Waals surface area contributed by atoms with Gasteiger partial charge in [0, 0.05) is 4.47 Å². The van der Waals surface area contributed by atoms with Crippen LogP contribution >= 0.6 is 15.9 Å². The van der Waals surface area contributed by atoms with Crippen LogP contribution in [0.4, 0.5) is 5.69 Å². The molecule has 0 aromatic heterocycles. The number of aryl methyl sites for hydroxylation is 2. The number of nitrogens with one attached hydrogen (secondary N) is 1. The standard InChI is InChI=1S/C14H20BrNO2S/c1-10-8-11(2)14(13(15)9-10)16-19(17,18)7-6-12-4-3-5-12/h8-9,12,16H,3-7H2,1-2H3. The summed E-state index contributed by atoms with van der Waals surface area (Å²) in [5.74, 6) is 0.830. The number of halogens is 1. The highest BCUT2D eigenvalue weighted by Gasteiger charge is 2.21. The highest BCUT2D eigenvalue weighted by molar-refractivity contribution is 9.10. The number of hydrogen-bond donors (Lipinski definition) is 1. The van der Waals surface area contributed by atoms with Gasteiger partial charge >= 0.3 is 0 Å². The van der Waals surface area contributed by atoms with Gasteiger partial charge in [0.05, 0.1) is 11.4 Å². The zero-order valence-electron chi connectivity index (χ0n) is 11.4. The minimum absolute atomic E-state index is 0.220. The van der Waals surface area contributed by atoms with E-state index in [0.717, 1.165) is 22.0 Å². The topological polar surface area (TPSA) is 46.2 Å². The molecule has 5 heteroatoms. The largest absolute Gasteiger partial charge is 0.282 e. The Kier molecular flexibility index (Phi) is 4.56. The Morgan fingerprint density at radius 2 is 2.00 bits per heavy atom. The molecule has 1 aliphatic carbocycles. The average molecular weight is 346 g/mol. The van der Waals surface area contributed by atoms with E-state index in [1.165, 1.54) is 19.3 Å². The molecule has 1 aliphatic rings. The van der Waals surface area contributed by atoms with E-state index < -0.39 is 10.0 Å². The zero-order chi connectivity index (χ0) is 14.0. The van der Waals surface area contributed by atoms with Crippen LogP contribution in [0, 0.1) is 19.8 Å². The first-order valence-electron chi connectivity index (χ1n) is 6.64. The molecule has 3 nitrogen and oxygen atoms in total. The van der Waals surface area contributed by atoms with E-state index in [1.54, 1.807) is 0 Å². The Balaban J connectivity index is 2.06. The first-order chi connectivity index (χ1) is 8.87. The second-order valence-electron chi connectivity index (χ2n) is 5.45. The molecule has 0 amide bonds. The summed E-state index contributed by atoms with van der Waals surface area (Å²) in [6.07, 6.45) is 4.39. The second kappa shape index (κ2) is 5.83. The Bertz CT molecular complexity index is 542. The van der Waals surface area contributed by atoms with Crippen LogP contribution in [0.15, 0.2) is 16.6 Å². The molecule has 1 aromatic carbocycles. The third-order valence-electron chi connectivity index (χ3n) is 3.71. The van der Waals surface area contributed by atoms with Gasteiger partial charge in [-0.15, -0.1) is 0 Å². The molecule has 1 saturated carbocycles. The van der Waals surface area contributed by atoms with Gasteiger partial charge in [0.1, 0.15) is 0 Å². The van der Waals surface area contributed by atoms with Crippen LogP contribution in [-0.4, -0.2) is 14.2 Å². The molecule has 0 aliphatic heterocycles. The van der Waals surface area contributed by atoms with Crippen LogP contribution in [0.3, 0.4) is 0 Å². The van der Waals surface area contributed by atoms with Crippen molar-refractivity contribution in [2.75, 3.05) is 10.5 Å². The van der Waals surface area contributed by atoms with Crippen molar-refractivity contribution in [3.8, 4) is 0 Å². The Morgan fingerprint density at radius 1 is 1.32 bits per heavy atom. The summed E-state index contributed by atoms with van der Waals surface area (Å²) in [6.45, 7) is 3.91. The molecule has 1 N–H and O–H groups in total. The predicted octanol–water partition coefficient (Wildman–Crippen LogP) is 4.00. The lowest BCUT2D eigenvalue weighted by atomic mass is 9.84. The molecule has 2 rings (SSSR count). The smallest absolute Gasteiger partial charge is 0.232 e. The monoisotopic (exact) mass is 345 g/mol. The number of benzene rings is 1. The SMILES string of the molecule is Cc1cc(C)c(NS(=O)(=O)CCC2CCC2)c(Br)c1. The molecule has 0 heterocycles. The lowest BCUT2D eigenvalue weighted by molar-refractivity contribution is 0.307. The maximum atomic E-state index is 12.1. The summed E-state index contributed by atoms with van der Waals surface area (Å²) in [4.78, 5) is 0. The summed E-state index contributed by atoms with van der Waals surface area (Å²) < 4.78 is 27.7. The van der Waals surface area contributed by atoms with Gasteiger partial charge in [0.25, 0.3) is 0 Å². The third-order valence-corrected chi connectivity index (χ3v) is 5.62. The van der Waals surface area contributed by atoms with E-state index in [1.807, 2.05) is 26.0 Å². The Labute approximate surface area is 124 Å². The highest BCUT2D eigenvalue weighted by Crippen LogP contribution is 2.31. The van der Waals surface area contributed by atoms with Gasteiger partial charge < -0.3 is 0 Å². The summed E-state index contributed by atoms with van der Waals surface area (Å²) >= 11 is 3.43. The van der Waals surface area contributed by atoms with Gasteiger partial charge in [-0.05, 0) is 59.3 Å². The van der Waals surface area contributed by atoms with Crippen molar-refractivity contribution < 1.29 is 8.42 Å². The van der Waals surface area contributed by atoms with Gasteiger partial charge in [-0.2, -0.15) is 0 Å². The molecule has 0 unspecified atom stereocenters. The molecule has 0 radical (unpaired) electrons. The summed E-state index contributed by atoms with van der Waals surface area (Å²) in [7, 11) is -3.24. The maximum absolute atomic E-state index is 12.1. The molecule has 0 spiro atoms. The number of rotatable bonds is 5. The van der Waals surface area contributed by atoms with Gasteiger partial charge in [0.15, 0.2) is 0 Å². The minimum atomic E-state index is -3.24. The van der Waals surface area contributed by atoms with E-state index >= 15 is 0 Å². The molecular formula is C14H20BrNO2S. The lowest BCUT2D eigenvalue weighted by Crippen LogP contribution is -2.22. The summed E-state index contributed by atoms with van der Waals surface area (Å²) in [5, 5.41) is 0. The minimum Gasteiger partial charge on any atom is -0.282 e. The van der Waals surface area contributed by atoms with Crippen molar-refractivity contribution in [3.05, 3.63) is 27.7 Å². The van der Waals surface area contributed by atoms with Crippen molar-refractivity contribution in [1.29, 1.82) is 0 Å². The van der Waals surface area contributed by atoms with E-state index in [2.05, 4.69) is 20.7 Å². The predicted molar refractivity (Wildman–Crippen MR) is 83.0 cm³/mol. The lowest BCUT2D eigenvalue weighted by Gasteiger charge is -2.25. The van der Waals surface area contributed by atoms with Crippen molar-refractivity contribution in [2.24, 2.45) is 5.92 Å². The molecule has 1 fully saturated rings. The number of hydrogen-bond acceptors (Lipinski definition) is 2. The first kappa shape index (κ1) is 14.9. The number of sulfonamides is 1. The normalized spacial score (nSPS) is 16.2. The number of anilines is 1. The van der Waals surface area contributed by atoms with Crippen LogP contribution in [0.2, 0.25) is 0 Å². The van der Waals surface area contributed by atoms with Gasteiger partial charge in [-0.25, -0.2) is 8.42 Å². The quantitative estimate of drug-likeness (QED) is 0.876. The fraction of sp³-hybridized carbons (Fsp3) is 0.571. The van der Waals surface area contributed by atoms with Crippen LogP contribution in [0.25, 0.3) is 0 Å². The van der Waals surface area contributed by atoms with E-state index in [4.69, 9.17) is 0 Å². The zero-order valence-corrected chi connectivity index (χ0v) is 13.8. The molecule has 19 heavy (non-hydrogen) atoms. The fourth-order valence-electron chi connectivity index (χ4n) is 2.35. The molecule has 0 saturated heterocycles. The second-order valence-corrected chi connectivity index (χ2v) is 8.14. The third kappa shape index (κ3) is 3.96. The summed E-state index contributed by atoms with van der Waals surface area (Å²) in [5.41, 5.74) is 2.72. The van der Waals surface area contributed by atoms with Crippen LogP contribution in [0.1, 0.15) is 36.8 Å². The van der Waals surface area contributed by atoms with E-state index in [-0.39, 0.29) is 5.75 Å². The fourth-order valence-corrected chi connectivity index (χ4v) is 4.59. The Morgan fingerprint density at radius 3 is 2.53 bits per heavy atom. The molecule has 0 atom stereocenters. The van der Waals surface area contributed by atoms with Crippen LogP contribution in [-0.2, 0) is 10.0 Å². The Hall–Kier alpha value is -0.550. The van der Waals surface area contributed by atoms with Crippen LogP contribution < -0.4 is 4.72 Å². The van der Waals surface area contributed by atoms with E-state index in [0.29, 0.717) is 11.6 Å². The highest BCUT2D eigenvalue weighted by atomic mass is 79.9. The van der Waals surface area contributed by atoms with Crippen molar-refractivity contribution in [1.82, 2.24) is 0 Å². The summed E-state index contributed by atoms with van der Waals surface area (Å²) in [6, 6.07) is 3.91. The molecule has 106 valence electrons.